The van der Waals surface area contributed by atoms with Crippen LogP contribution in [0.4, 0.5) is 34.5 Å². The minimum absolute atomic E-state index is 0.296. The molecule has 0 nitrogen and oxygen atoms in total. The van der Waals surface area contributed by atoms with Crippen molar-refractivity contribution >= 4 is 48.6 Å². The maximum absolute atomic E-state index is 9.75. The highest BCUT2D eigenvalue weighted by molar-refractivity contribution is 8.11. The molecule has 214 valence electrons. The Morgan fingerprint density at radius 3 is 1.05 bits per heavy atom. The fourth-order valence-corrected chi connectivity index (χ4v) is 12.9. The molecule has 4 aromatic carbocycles. The van der Waals surface area contributed by atoms with Crippen molar-refractivity contribution in [2.24, 2.45) is 0 Å². The standard InChI is InChI=1S/C28H29PS.2BF4/c1-2-30(23-25-15-7-3-8-16-25)24-29(26-17-9-4-10-18-26,27-19-11-5-12-20-27)28-21-13-6-14-22-28;2*2-1(3,4)5/h3-22H,2,23-24H2,1H3;;/q+2;2*-1. The maximum atomic E-state index is 9.75. The number of hydrogen-bond donors (Lipinski definition) is 0. The summed E-state index contributed by atoms with van der Waals surface area (Å²) in [6, 6.07) is 44.8. The molecule has 0 amide bonds. The fourth-order valence-electron chi connectivity index (χ4n) is 4.04. The summed E-state index contributed by atoms with van der Waals surface area (Å²) < 4.78 is 78.0. The molecule has 0 radical (unpaired) electrons. The zero-order valence-electron chi connectivity index (χ0n) is 21.7. The molecule has 0 N–H and O–H groups in total. The zero-order valence-corrected chi connectivity index (χ0v) is 23.4. The second-order valence-electron chi connectivity index (χ2n) is 8.47. The van der Waals surface area contributed by atoms with Crippen LogP contribution in [0.5, 0.6) is 0 Å². The molecule has 1 unspecified atom stereocenters. The highest BCUT2D eigenvalue weighted by atomic mass is 32.2. The van der Waals surface area contributed by atoms with Gasteiger partial charge >= 0.3 is 14.5 Å². The first-order chi connectivity index (χ1) is 18.8. The van der Waals surface area contributed by atoms with E-state index in [1.807, 2.05) is 0 Å². The van der Waals surface area contributed by atoms with Crippen molar-refractivity contribution < 1.29 is 34.5 Å². The molecule has 0 heterocycles. The molecule has 0 fully saturated rings. The number of rotatable bonds is 8. The van der Waals surface area contributed by atoms with Gasteiger partial charge in [0.15, 0.2) is 7.26 Å². The first kappa shape index (κ1) is 33.4. The largest absolute Gasteiger partial charge is 0.673 e. The summed E-state index contributed by atoms with van der Waals surface area (Å²) in [5, 5.41) is 4.46. The van der Waals surface area contributed by atoms with Gasteiger partial charge in [0.25, 0.3) is 0 Å². The minimum Gasteiger partial charge on any atom is -0.418 e. The van der Waals surface area contributed by atoms with Gasteiger partial charge in [-0.1, -0.05) is 84.9 Å². The summed E-state index contributed by atoms with van der Waals surface area (Å²) in [6.45, 7) is 2.36. The van der Waals surface area contributed by atoms with Crippen LogP contribution >= 0.6 is 7.26 Å². The van der Waals surface area contributed by atoms with E-state index in [-0.39, 0.29) is 0 Å². The number of hydrogen-bond acceptors (Lipinski definition) is 0. The minimum atomic E-state index is -6.00. The Balaban J connectivity index is 0.000000482. The Bertz CT molecular complexity index is 1110. The molecule has 0 aliphatic carbocycles. The normalized spacial score (nSPS) is 12.3. The molecular formula is C28H29B2F8PS. The summed E-state index contributed by atoms with van der Waals surface area (Å²) >= 11 is 0. The van der Waals surface area contributed by atoms with Gasteiger partial charge in [-0.15, -0.1) is 0 Å². The third-order valence-corrected chi connectivity index (χ3v) is 13.7. The summed E-state index contributed by atoms with van der Waals surface area (Å²) in [5.41, 5.74) is 2.67. The van der Waals surface area contributed by atoms with Gasteiger partial charge in [-0.25, -0.2) is 0 Å². The lowest BCUT2D eigenvalue weighted by molar-refractivity contribution is 0.366. The Labute approximate surface area is 233 Å². The van der Waals surface area contributed by atoms with E-state index in [9.17, 15) is 34.5 Å². The van der Waals surface area contributed by atoms with Crippen LogP contribution in [-0.4, -0.2) is 25.8 Å². The molecule has 0 aliphatic heterocycles. The predicted octanol–water partition coefficient (Wildman–Crippen LogP) is 8.38. The number of benzene rings is 4. The van der Waals surface area contributed by atoms with E-state index in [0.717, 1.165) is 5.75 Å². The second kappa shape index (κ2) is 15.9. The van der Waals surface area contributed by atoms with Gasteiger partial charge in [0, 0.05) is 16.5 Å². The van der Waals surface area contributed by atoms with Gasteiger partial charge in [-0.3, -0.25) is 0 Å². The van der Waals surface area contributed by atoms with E-state index in [1.165, 1.54) is 32.7 Å². The SMILES string of the molecule is CC[S+](Cc1ccccc1)C[P+](c1ccccc1)(c1ccccc1)c1ccccc1.F[B-](F)(F)F.F[B-](F)(F)F. The van der Waals surface area contributed by atoms with E-state index in [0.29, 0.717) is 10.9 Å². The van der Waals surface area contributed by atoms with Gasteiger partial charge in [-0.05, 0) is 43.3 Å². The molecule has 12 heteroatoms. The highest BCUT2D eigenvalue weighted by Gasteiger charge is 2.50. The Morgan fingerprint density at radius 2 is 0.775 bits per heavy atom. The maximum Gasteiger partial charge on any atom is 0.673 e. The lowest BCUT2D eigenvalue weighted by Gasteiger charge is -2.26. The molecule has 0 saturated carbocycles. The fraction of sp³-hybridized carbons (Fsp3) is 0.143. The van der Waals surface area contributed by atoms with Crippen LogP contribution in [-0.2, 0) is 16.6 Å². The van der Waals surface area contributed by atoms with Crippen molar-refractivity contribution in [2.45, 2.75) is 12.7 Å². The monoisotopic (exact) mass is 602 g/mol. The van der Waals surface area contributed by atoms with Crippen LogP contribution in [0, 0.1) is 0 Å². The van der Waals surface area contributed by atoms with Crippen molar-refractivity contribution in [1.82, 2.24) is 0 Å². The molecule has 4 rings (SSSR count). The van der Waals surface area contributed by atoms with Crippen molar-refractivity contribution in [1.29, 1.82) is 0 Å². The first-order valence-electron chi connectivity index (χ1n) is 12.3. The van der Waals surface area contributed by atoms with E-state index in [2.05, 4.69) is 128 Å². The molecule has 0 aliphatic rings. The van der Waals surface area contributed by atoms with Crippen LogP contribution in [0.2, 0.25) is 0 Å². The van der Waals surface area contributed by atoms with E-state index in [4.69, 9.17) is 0 Å². The summed E-state index contributed by atoms with van der Waals surface area (Å²) in [5.74, 6) is 2.37. The Hall–Kier alpha value is -2.77. The third-order valence-electron chi connectivity index (χ3n) is 5.59. The van der Waals surface area contributed by atoms with Crippen LogP contribution < -0.4 is 15.9 Å². The molecule has 0 aromatic heterocycles. The van der Waals surface area contributed by atoms with Gasteiger partial charge < -0.3 is 34.5 Å². The van der Waals surface area contributed by atoms with Gasteiger partial charge in [0.2, 0.25) is 5.49 Å². The van der Waals surface area contributed by atoms with Crippen molar-refractivity contribution in [2.75, 3.05) is 11.2 Å². The van der Waals surface area contributed by atoms with Gasteiger partial charge in [0.1, 0.15) is 27.4 Å². The molecule has 4 aromatic rings. The predicted molar refractivity (Wildman–Crippen MR) is 158 cm³/mol. The quantitative estimate of drug-likeness (QED) is 0.0824. The summed E-state index contributed by atoms with van der Waals surface area (Å²) in [4.78, 5) is 0. The molecule has 0 saturated heterocycles. The Morgan fingerprint density at radius 1 is 0.500 bits per heavy atom. The van der Waals surface area contributed by atoms with Crippen LogP contribution in [0.25, 0.3) is 0 Å². The number of halogens is 8. The van der Waals surface area contributed by atoms with E-state index in [1.54, 1.807) is 0 Å². The lowest BCUT2D eigenvalue weighted by atomic mass is 10.2. The molecule has 0 bridgehead atoms. The lowest BCUT2D eigenvalue weighted by Crippen LogP contribution is -2.36. The van der Waals surface area contributed by atoms with Gasteiger partial charge in [-0.2, -0.15) is 0 Å². The highest BCUT2D eigenvalue weighted by Crippen LogP contribution is 2.56. The van der Waals surface area contributed by atoms with E-state index < -0.39 is 21.8 Å². The van der Waals surface area contributed by atoms with Crippen LogP contribution in [0.15, 0.2) is 121 Å². The second-order valence-corrected chi connectivity index (χ2v) is 14.8. The molecule has 40 heavy (non-hydrogen) atoms. The van der Waals surface area contributed by atoms with Crippen LogP contribution in [0.3, 0.4) is 0 Å². The average molecular weight is 602 g/mol. The smallest absolute Gasteiger partial charge is 0.418 e. The zero-order chi connectivity index (χ0) is 29.7. The van der Waals surface area contributed by atoms with Crippen molar-refractivity contribution in [3.63, 3.8) is 0 Å². The van der Waals surface area contributed by atoms with Gasteiger partial charge in [0.05, 0.1) is 0 Å². The van der Waals surface area contributed by atoms with Crippen LogP contribution in [0.1, 0.15) is 12.5 Å². The third kappa shape index (κ3) is 12.2. The topological polar surface area (TPSA) is 0 Å². The first-order valence-corrected chi connectivity index (χ1v) is 16.0. The van der Waals surface area contributed by atoms with E-state index >= 15 is 0 Å². The summed E-state index contributed by atoms with van der Waals surface area (Å²) in [6.07, 6.45) is 0. The molecule has 1 atom stereocenters. The average Bonchev–Trinajstić information content (AvgIpc) is 2.91. The van der Waals surface area contributed by atoms with Crippen molar-refractivity contribution in [3.05, 3.63) is 127 Å². The molecular weight excluding hydrogens is 573 g/mol. The Kier molecular flexibility index (Phi) is 13.3. The molecule has 0 spiro atoms. The summed E-state index contributed by atoms with van der Waals surface area (Å²) in [7, 11) is -13.5. The van der Waals surface area contributed by atoms with Crippen molar-refractivity contribution in [3.8, 4) is 0 Å².